The summed E-state index contributed by atoms with van der Waals surface area (Å²) in [5, 5.41) is 0.507. The third-order valence-electron chi connectivity index (χ3n) is 2.36. The molecule has 2 rings (SSSR count). The molecule has 0 fully saturated rings. The molecule has 18 heavy (non-hydrogen) atoms. The maximum Gasteiger partial charge on any atom is 0.200 e. The maximum atomic E-state index is 11.9. The van der Waals surface area contributed by atoms with Gasteiger partial charge in [0.15, 0.2) is 12.4 Å². The fourth-order valence-electron chi connectivity index (χ4n) is 1.42. The molecule has 0 N–H and O–H groups in total. The number of carbonyl (C=O) groups is 1. The second-order valence-corrected chi connectivity index (χ2v) is 5.30. The molecule has 2 nitrogen and oxygen atoms in total. The molecule has 0 aliphatic rings. The van der Waals surface area contributed by atoms with Gasteiger partial charge in [0.2, 0.25) is 0 Å². The molecule has 0 atom stereocenters. The predicted molar refractivity (Wildman–Crippen MR) is 80.4 cm³/mol. The van der Waals surface area contributed by atoms with Crippen molar-refractivity contribution in [3.8, 4) is 5.75 Å². The zero-order chi connectivity index (χ0) is 13.0. The summed E-state index contributed by atoms with van der Waals surface area (Å²) >= 11 is 8.13. The summed E-state index contributed by atoms with van der Waals surface area (Å²) in [7, 11) is 0. The lowest BCUT2D eigenvalue weighted by Crippen LogP contribution is -2.11. The highest BCUT2D eigenvalue weighted by atomic mass is 127. The molecule has 0 aliphatic heterocycles. The van der Waals surface area contributed by atoms with Crippen LogP contribution in [0.3, 0.4) is 0 Å². The molecule has 0 radical (unpaired) electrons. The Morgan fingerprint density at radius 1 is 1.11 bits per heavy atom. The fraction of sp³-hybridized carbons (Fsp3) is 0.0714. The van der Waals surface area contributed by atoms with Crippen molar-refractivity contribution in [3.05, 3.63) is 62.7 Å². The molecule has 2 aromatic rings. The number of benzene rings is 2. The van der Waals surface area contributed by atoms with E-state index in [1.807, 2.05) is 24.3 Å². The summed E-state index contributed by atoms with van der Waals surface area (Å²) in [6, 6.07) is 14.5. The SMILES string of the molecule is O=C(COc1ccccc1Cl)c1ccc(I)cc1. The van der Waals surface area contributed by atoms with Crippen LogP contribution in [-0.2, 0) is 0 Å². The zero-order valence-corrected chi connectivity index (χ0v) is 12.3. The summed E-state index contributed by atoms with van der Waals surface area (Å²) in [5.74, 6) is 0.462. The van der Waals surface area contributed by atoms with E-state index < -0.39 is 0 Å². The van der Waals surface area contributed by atoms with Crippen molar-refractivity contribution in [2.75, 3.05) is 6.61 Å². The summed E-state index contributed by atoms with van der Waals surface area (Å²) in [5.41, 5.74) is 0.641. The average molecular weight is 373 g/mol. The number of carbonyl (C=O) groups excluding carboxylic acids is 1. The molecule has 4 heteroatoms. The zero-order valence-electron chi connectivity index (χ0n) is 9.40. The van der Waals surface area contributed by atoms with E-state index in [4.69, 9.17) is 16.3 Å². The van der Waals surface area contributed by atoms with Crippen LogP contribution in [0.4, 0.5) is 0 Å². The Hall–Kier alpha value is -1.07. The summed E-state index contributed by atoms with van der Waals surface area (Å²) in [4.78, 5) is 11.9. The van der Waals surface area contributed by atoms with Crippen LogP contribution in [0.15, 0.2) is 48.5 Å². The number of Topliss-reactive ketones (excluding diaryl/α,β-unsaturated/α-hetero) is 1. The summed E-state index contributed by atoms with van der Waals surface area (Å²) < 4.78 is 6.49. The first-order valence-electron chi connectivity index (χ1n) is 5.33. The summed E-state index contributed by atoms with van der Waals surface area (Å²) in [6.07, 6.45) is 0. The topological polar surface area (TPSA) is 26.3 Å². The normalized spacial score (nSPS) is 10.1. The Morgan fingerprint density at radius 2 is 1.78 bits per heavy atom. The molecular formula is C14H10ClIO2. The second-order valence-electron chi connectivity index (χ2n) is 3.65. The molecule has 92 valence electrons. The molecule has 0 amide bonds. The van der Waals surface area contributed by atoms with Crippen LogP contribution in [0.1, 0.15) is 10.4 Å². The number of ether oxygens (including phenoxy) is 1. The molecule has 0 bridgehead atoms. The van der Waals surface area contributed by atoms with E-state index in [0.29, 0.717) is 16.3 Å². The van der Waals surface area contributed by atoms with Gasteiger partial charge in [-0.15, -0.1) is 0 Å². The lowest BCUT2D eigenvalue weighted by Gasteiger charge is -2.07. The van der Waals surface area contributed by atoms with Crippen LogP contribution in [0.5, 0.6) is 5.75 Å². The Bertz CT molecular complexity index is 552. The van der Waals surface area contributed by atoms with Crippen molar-refractivity contribution in [2.24, 2.45) is 0 Å². The van der Waals surface area contributed by atoms with Crippen molar-refractivity contribution < 1.29 is 9.53 Å². The molecule has 2 aromatic carbocycles. The van der Waals surface area contributed by atoms with Crippen molar-refractivity contribution in [1.82, 2.24) is 0 Å². The van der Waals surface area contributed by atoms with Gasteiger partial charge in [-0.25, -0.2) is 0 Å². The first-order chi connectivity index (χ1) is 8.66. The predicted octanol–water partition coefficient (Wildman–Crippen LogP) is 4.21. The molecule has 0 aromatic heterocycles. The van der Waals surface area contributed by atoms with E-state index in [0.717, 1.165) is 3.57 Å². The molecule has 0 unspecified atom stereocenters. The van der Waals surface area contributed by atoms with E-state index in [-0.39, 0.29) is 12.4 Å². The lowest BCUT2D eigenvalue weighted by molar-refractivity contribution is 0.0921. The van der Waals surface area contributed by atoms with Crippen molar-refractivity contribution >= 4 is 40.0 Å². The molecule has 0 saturated carbocycles. The Balaban J connectivity index is 2.01. The Labute approximate surface area is 124 Å². The molecule has 0 heterocycles. The van der Waals surface area contributed by atoms with E-state index in [2.05, 4.69) is 22.6 Å². The van der Waals surface area contributed by atoms with Gasteiger partial charge in [0.1, 0.15) is 5.75 Å². The van der Waals surface area contributed by atoms with Gasteiger partial charge in [-0.3, -0.25) is 4.79 Å². The minimum atomic E-state index is -0.0636. The van der Waals surface area contributed by atoms with E-state index in [9.17, 15) is 4.79 Å². The van der Waals surface area contributed by atoms with Gasteiger partial charge < -0.3 is 4.74 Å². The molecule has 0 saturated heterocycles. The van der Waals surface area contributed by atoms with Crippen LogP contribution in [-0.4, -0.2) is 12.4 Å². The molecule has 0 aliphatic carbocycles. The van der Waals surface area contributed by atoms with Gasteiger partial charge >= 0.3 is 0 Å². The van der Waals surface area contributed by atoms with Crippen LogP contribution < -0.4 is 4.74 Å². The number of hydrogen-bond acceptors (Lipinski definition) is 2. The van der Waals surface area contributed by atoms with Crippen molar-refractivity contribution in [2.45, 2.75) is 0 Å². The van der Waals surface area contributed by atoms with E-state index >= 15 is 0 Å². The fourth-order valence-corrected chi connectivity index (χ4v) is 1.97. The number of ketones is 1. The standard InChI is InChI=1S/C14H10ClIO2/c15-12-3-1-2-4-14(12)18-9-13(17)10-5-7-11(16)8-6-10/h1-8H,9H2. The van der Waals surface area contributed by atoms with Crippen LogP contribution >= 0.6 is 34.2 Å². The molecule has 0 spiro atoms. The Morgan fingerprint density at radius 3 is 2.44 bits per heavy atom. The van der Waals surface area contributed by atoms with Crippen LogP contribution in [0.2, 0.25) is 5.02 Å². The van der Waals surface area contributed by atoms with Gasteiger partial charge in [0.05, 0.1) is 5.02 Å². The highest BCUT2D eigenvalue weighted by Gasteiger charge is 2.07. The smallest absolute Gasteiger partial charge is 0.200 e. The lowest BCUT2D eigenvalue weighted by atomic mass is 10.1. The summed E-state index contributed by atoms with van der Waals surface area (Å²) in [6.45, 7) is -0.00960. The number of rotatable bonds is 4. The highest BCUT2D eigenvalue weighted by Crippen LogP contribution is 2.23. The first kappa shape index (κ1) is 13.4. The minimum Gasteiger partial charge on any atom is -0.484 e. The van der Waals surface area contributed by atoms with Crippen molar-refractivity contribution in [1.29, 1.82) is 0 Å². The average Bonchev–Trinajstić information content (AvgIpc) is 2.38. The third-order valence-corrected chi connectivity index (χ3v) is 3.39. The second kappa shape index (κ2) is 6.20. The minimum absolute atomic E-state index is 0.00960. The van der Waals surface area contributed by atoms with Crippen LogP contribution in [0.25, 0.3) is 0 Å². The van der Waals surface area contributed by atoms with Gasteiger partial charge in [0, 0.05) is 9.13 Å². The largest absolute Gasteiger partial charge is 0.484 e. The maximum absolute atomic E-state index is 11.9. The monoisotopic (exact) mass is 372 g/mol. The Kier molecular flexibility index (Phi) is 4.60. The highest BCUT2D eigenvalue weighted by molar-refractivity contribution is 14.1. The van der Waals surface area contributed by atoms with Gasteiger partial charge in [-0.1, -0.05) is 35.9 Å². The first-order valence-corrected chi connectivity index (χ1v) is 6.78. The van der Waals surface area contributed by atoms with Gasteiger partial charge in [-0.2, -0.15) is 0 Å². The number of hydrogen-bond donors (Lipinski definition) is 0. The quantitative estimate of drug-likeness (QED) is 0.594. The van der Waals surface area contributed by atoms with E-state index in [1.54, 1.807) is 24.3 Å². The van der Waals surface area contributed by atoms with Crippen molar-refractivity contribution in [3.63, 3.8) is 0 Å². The third kappa shape index (κ3) is 3.46. The van der Waals surface area contributed by atoms with Gasteiger partial charge in [0.25, 0.3) is 0 Å². The molecular weight excluding hydrogens is 363 g/mol. The number of para-hydroxylation sites is 1. The van der Waals surface area contributed by atoms with E-state index in [1.165, 1.54) is 0 Å². The number of halogens is 2. The van der Waals surface area contributed by atoms with Gasteiger partial charge in [-0.05, 0) is 46.9 Å². The van der Waals surface area contributed by atoms with Crippen LogP contribution in [0, 0.1) is 3.57 Å².